The number of amides is 2. The van der Waals surface area contributed by atoms with Gasteiger partial charge in [-0.05, 0) is 36.6 Å². The molecule has 1 aliphatic rings. The van der Waals surface area contributed by atoms with Gasteiger partial charge in [-0.1, -0.05) is 24.3 Å². The summed E-state index contributed by atoms with van der Waals surface area (Å²) in [6.07, 6.45) is 0.753. The molecule has 0 saturated heterocycles. The first-order chi connectivity index (χ1) is 12.5. The molecule has 2 N–H and O–H groups in total. The number of carbonyl (C=O) groups excluding carboxylic acids is 1. The highest BCUT2D eigenvalue weighted by molar-refractivity contribution is 5.92. The zero-order chi connectivity index (χ0) is 18.3. The summed E-state index contributed by atoms with van der Waals surface area (Å²) in [4.78, 5) is 28.4. The molecule has 0 fully saturated rings. The van der Waals surface area contributed by atoms with Crippen molar-refractivity contribution < 1.29 is 9.72 Å². The number of aromatic amines is 1. The van der Waals surface area contributed by atoms with Crippen molar-refractivity contribution in [3.05, 3.63) is 69.4 Å². The van der Waals surface area contributed by atoms with Gasteiger partial charge in [-0.25, -0.2) is 4.79 Å². The Hall–Kier alpha value is -3.35. The molecule has 1 aliphatic heterocycles. The number of anilines is 1. The van der Waals surface area contributed by atoms with Crippen LogP contribution in [0.25, 0.3) is 10.9 Å². The van der Waals surface area contributed by atoms with E-state index >= 15 is 0 Å². The van der Waals surface area contributed by atoms with Gasteiger partial charge in [0.2, 0.25) is 0 Å². The van der Waals surface area contributed by atoms with Crippen molar-refractivity contribution in [3.8, 4) is 0 Å². The van der Waals surface area contributed by atoms with Crippen LogP contribution in [-0.2, 0) is 13.0 Å². The van der Waals surface area contributed by atoms with Crippen LogP contribution in [0.4, 0.5) is 16.2 Å². The lowest BCUT2D eigenvalue weighted by Gasteiger charge is -2.27. The molecule has 2 amide bonds. The summed E-state index contributed by atoms with van der Waals surface area (Å²) in [7, 11) is 0. The van der Waals surface area contributed by atoms with Crippen LogP contribution in [0, 0.1) is 17.0 Å². The Morgan fingerprint density at radius 3 is 2.88 bits per heavy atom. The normalized spacial score (nSPS) is 13.5. The molecule has 4 rings (SSSR count). The molecule has 132 valence electrons. The number of nitrogens with one attached hydrogen (secondary N) is 2. The van der Waals surface area contributed by atoms with Gasteiger partial charge in [-0.15, -0.1) is 0 Å². The van der Waals surface area contributed by atoms with Crippen LogP contribution in [0.15, 0.2) is 42.5 Å². The van der Waals surface area contributed by atoms with Crippen LogP contribution in [0.3, 0.4) is 0 Å². The maximum atomic E-state index is 12.6. The summed E-state index contributed by atoms with van der Waals surface area (Å²) >= 11 is 0. The second kappa shape index (κ2) is 6.18. The molecule has 1 aromatic heterocycles. The number of H-pyrrole nitrogens is 1. The number of benzene rings is 2. The van der Waals surface area contributed by atoms with Crippen LogP contribution in [0.2, 0.25) is 0 Å². The summed E-state index contributed by atoms with van der Waals surface area (Å²) in [6, 6.07) is 12.5. The van der Waals surface area contributed by atoms with Crippen LogP contribution in [-0.4, -0.2) is 27.4 Å². The van der Waals surface area contributed by atoms with Gasteiger partial charge in [0, 0.05) is 29.2 Å². The van der Waals surface area contributed by atoms with Gasteiger partial charge in [0.05, 0.1) is 11.5 Å². The van der Waals surface area contributed by atoms with Crippen molar-refractivity contribution in [2.75, 3.05) is 11.9 Å². The van der Waals surface area contributed by atoms with Crippen molar-refractivity contribution in [1.82, 2.24) is 9.88 Å². The van der Waals surface area contributed by atoms with Crippen molar-refractivity contribution in [2.24, 2.45) is 0 Å². The lowest BCUT2D eigenvalue weighted by atomic mass is 10.0. The fourth-order valence-corrected chi connectivity index (χ4v) is 3.46. The molecule has 0 radical (unpaired) electrons. The standard InChI is InChI=1S/C19H18N4O3/c1-12-6-7-16(18(10-12)23(25)26)21-19(24)22-9-8-14-13-4-2-3-5-15(13)20-17(14)11-22/h2-7,10,20H,8-9,11H2,1H3,(H,21,24). The number of hydrogen-bond donors (Lipinski definition) is 2. The first-order valence-corrected chi connectivity index (χ1v) is 8.42. The average Bonchev–Trinajstić information content (AvgIpc) is 3.00. The summed E-state index contributed by atoms with van der Waals surface area (Å²) in [5.41, 5.74) is 4.22. The summed E-state index contributed by atoms with van der Waals surface area (Å²) in [6.45, 7) is 2.80. The molecule has 0 saturated carbocycles. The number of rotatable bonds is 2. The topological polar surface area (TPSA) is 91.3 Å². The number of urea groups is 1. The second-order valence-corrected chi connectivity index (χ2v) is 6.51. The Morgan fingerprint density at radius 1 is 1.27 bits per heavy atom. The van der Waals surface area contributed by atoms with Gasteiger partial charge >= 0.3 is 6.03 Å². The lowest BCUT2D eigenvalue weighted by Crippen LogP contribution is -2.38. The quantitative estimate of drug-likeness (QED) is 0.541. The second-order valence-electron chi connectivity index (χ2n) is 6.51. The summed E-state index contributed by atoms with van der Waals surface area (Å²) < 4.78 is 0. The molecule has 3 aromatic rings. The number of para-hydroxylation sites is 1. The number of hydrogen-bond acceptors (Lipinski definition) is 3. The number of fused-ring (bicyclic) bond motifs is 3. The third-order valence-electron chi connectivity index (χ3n) is 4.76. The molecule has 26 heavy (non-hydrogen) atoms. The van der Waals surface area contributed by atoms with E-state index in [1.54, 1.807) is 24.0 Å². The number of carbonyl (C=O) groups is 1. The third kappa shape index (κ3) is 2.77. The number of aromatic nitrogens is 1. The number of nitrogens with zero attached hydrogens (tertiary/aromatic N) is 2. The Kier molecular flexibility index (Phi) is 3.84. The Labute approximate surface area is 149 Å². The zero-order valence-electron chi connectivity index (χ0n) is 14.3. The predicted molar refractivity (Wildman–Crippen MR) is 99.3 cm³/mol. The van der Waals surface area contributed by atoms with E-state index in [1.165, 1.54) is 17.0 Å². The minimum absolute atomic E-state index is 0.0957. The summed E-state index contributed by atoms with van der Waals surface area (Å²) in [5.74, 6) is 0. The van der Waals surface area contributed by atoms with Gasteiger partial charge in [0.15, 0.2) is 0 Å². The number of nitro benzene ring substituents is 1. The SMILES string of the molecule is Cc1ccc(NC(=O)N2CCc3c([nH]c4ccccc34)C2)c([N+](=O)[O-])c1. The smallest absolute Gasteiger partial charge is 0.322 e. The Balaban J connectivity index is 1.56. The van der Waals surface area contributed by atoms with Gasteiger partial charge in [-0.3, -0.25) is 10.1 Å². The molecule has 0 bridgehead atoms. The maximum Gasteiger partial charge on any atom is 0.322 e. The lowest BCUT2D eigenvalue weighted by molar-refractivity contribution is -0.384. The summed E-state index contributed by atoms with van der Waals surface area (Å²) in [5, 5.41) is 15.1. The van der Waals surface area contributed by atoms with E-state index in [9.17, 15) is 14.9 Å². The molecule has 7 heteroatoms. The van der Waals surface area contributed by atoms with Crippen LogP contribution < -0.4 is 5.32 Å². The highest BCUT2D eigenvalue weighted by Gasteiger charge is 2.25. The average molecular weight is 350 g/mol. The van der Waals surface area contributed by atoms with Crippen LogP contribution >= 0.6 is 0 Å². The highest BCUT2D eigenvalue weighted by atomic mass is 16.6. The van der Waals surface area contributed by atoms with E-state index in [1.807, 2.05) is 18.2 Å². The van der Waals surface area contributed by atoms with E-state index in [-0.39, 0.29) is 17.4 Å². The highest BCUT2D eigenvalue weighted by Crippen LogP contribution is 2.29. The van der Waals surface area contributed by atoms with E-state index in [0.717, 1.165) is 23.2 Å². The zero-order valence-corrected chi connectivity index (χ0v) is 14.3. The van der Waals surface area contributed by atoms with E-state index in [0.29, 0.717) is 13.1 Å². The van der Waals surface area contributed by atoms with Gasteiger partial charge in [0.1, 0.15) is 5.69 Å². The monoisotopic (exact) mass is 350 g/mol. The van der Waals surface area contributed by atoms with E-state index < -0.39 is 4.92 Å². The van der Waals surface area contributed by atoms with Gasteiger partial charge in [-0.2, -0.15) is 0 Å². The molecular formula is C19H18N4O3. The maximum absolute atomic E-state index is 12.6. The minimum atomic E-state index is -0.478. The largest absolute Gasteiger partial charge is 0.357 e. The fourth-order valence-electron chi connectivity index (χ4n) is 3.46. The molecule has 0 spiro atoms. The number of aryl methyl sites for hydroxylation is 1. The Morgan fingerprint density at radius 2 is 2.08 bits per heavy atom. The van der Waals surface area contributed by atoms with Crippen molar-refractivity contribution >= 4 is 28.3 Å². The first kappa shape index (κ1) is 16.1. The fraction of sp³-hybridized carbons (Fsp3) is 0.211. The van der Waals surface area contributed by atoms with Crippen LogP contribution in [0.5, 0.6) is 0 Å². The minimum Gasteiger partial charge on any atom is -0.357 e. The van der Waals surface area contributed by atoms with E-state index in [4.69, 9.17) is 0 Å². The van der Waals surface area contributed by atoms with Crippen molar-refractivity contribution in [1.29, 1.82) is 0 Å². The molecule has 0 atom stereocenters. The predicted octanol–water partition coefficient (Wildman–Crippen LogP) is 3.97. The molecule has 0 aliphatic carbocycles. The van der Waals surface area contributed by atoms with Crippen molar-refractivity contribution in [3.63, 3.8) is 0 Å². The van der Waals surface area contributed by atoms with Gasteiger partial charge < -0.3 is 15.2 Å². The number of nitro groups is 1. The molecule has 7 nitrogen and oxygen atoms in total. The molecule has 2 aromatic carbocycles. The molecule has 2 heterocycles. The third-order valence-corrected chi connectivity index (χ3v) is 4.76. The van der Waals surface area contributed by atoms with Gasteiger partial charge in [0.25, 0.3) is 5.69 Å². The van der Waals surface area contributed by atoms with Crippen LogP contribution in [0.1, 0.15) is 16.8 Å². The Bertz CT molecular complexity index is 1020. The first-order valence-electron chi connectivity index (χ1n) is 8.42. The molecular weight excluding hydrogens is 332 g/mol. The van der Waals surface area contributed by atoms with Crippen molar-refractivity contribution in [2.45, 2.75) is 19.9 Å². The molecule has 0 unspecified atom stereocenters. The van der Waals surface area contributed by atoms with E-state index in [2.05, 4.69) is 16.4 Å².